The van der Waals surface area contributed by atoms with Crippen LogP contribution in [0, 0.1) is 0 Å². The number of halogens is 1. The topological polar surface area (TPSA) is 67.1 Å². The molecule has 1 aliphatic heterocycles. The highest BCUT2D eigenvalue weighted by Crippen LogP contribution is 2.19. The van der Waals surface area contributed by atoms with Crippen LogP contribution in [0.15, 0.2) is 30.6 Å². The van der Waals surface area contributed by atoms with E-state index in [1.54, 1.807) is 11.3 Å². The summed E-state index contributed by atoms with van der Waals surface area (Å²) >= 11 is 1.55. The molecule has 2 aromatic heterocycles. The molecule has 3 rings (SSSR count). The molecule has 1 saturated heterocycles. The average molecular weight is 312 g/mol. The van der Waals surface area contributed by atoms with Gasteiger partial charge in [0.1, 0.15) is 5.82 Å². The first-order chi connectivity index (χ1) is 9.31. The summed E-state index contributed by atoms with van der Waals surface area (Å²) in [5.41, 5.74) is 5.62. The molecule has 20 heavy (non-hydrogen) atoms. The molecular weight excluding hydrogens is 294 g/mol. The van der Waals surface area contributed by atoms with Gasteiger partial charge in [-0.15, -0.1) is 23.7 Å². The van der Waals surface area contributed by atoms with Crippen LogP contribution in [-0.4, -0.2) is 29.1 Å². The van der Waals surface area contributed by atoms with Crippen LogP contribution in [0.5, 0.6) is 0 Å². The Hall–Kier alpha value is -1.37. The van der Waals surface area contributed by atoms with Gasteiger partial charge in [0.15, 0.2) is 5.13 Å². The zero-order valence-electron chi connectivity index (χ0n) is 11.0. The van der Waals surface area contributed by atoms with Crippen molar-refractivity contribution in [2.45, 2.75) is 19.0 Å². The van der Waals surface area contributed by atoms with Gasteiger partial charge >= 0.3 is 0 Å². The van der Waals surface area contributed by atoms with Crippen LogP contribution in [0.2, 0.25) is 0 Å². The second-order valence-corrected chi connectivity index (χ2v) is 5.81. The molecule has 108 valence electrons. The highest BCUT2D eigenvalue weighted by Gasteiger charge is 2.22. The summed E-state index contributed by atoms with van der Waals surface area (Å²) in [6.45, 7) is 2.90. The SMILES string of the molecule is Cl.Nc1ncc(CNC2CCN(c3ccccn3)C2)s1. The second kappa shape index (κ2) is 6.88. The fourth-order valence-corrected chi connectivity index (χ4v) is 2.96. The highest BCUT2D eigenvalue weighted by molar-refractivity contribution is 7.15. The van der Waals surface area contributed by atoms with E-state index < -0.39 is 0 Å². The molecule has 1 aliphatic rings. The number of rotatable bonds is 4. The molecule has 0 bridgehead atoms. The van der Waals surface area contributed by atoms with E-state index in [4.69, 9.17) is 5.73 Å². The van der Waals surface area contributed by atoms with E-state index >= 15 is 0 Å². The van der Waals surface area contributed by atoms with E-state index in [1.807, 2.05) is 24.5 Å². The molecule has 7 heteroatoms. The van der Waals surface area contributed by atoms with E-state index in [1.165, 1.54) is 4.88 Å². The summed E-state index contributed by atoms with van der Waals surface area (Å²) in [5.74, 6) is 1.06. The third kappa shape index (κ3) is 3.59. The van der Waals surface area contributed by atoms with Gasteiger partial charge in [-0.3, -0.25) is 0 Å². The third-order valence-electron chi connectivity index (χ3n) is 3.30. The lowest BCUT2D eigenvalue weighted by Crippen LogP contribution is -2.32. The molecule has 0 aromatic carbocycles. The molecule has 0 amide bonds. The van der Waals surface area contributed by atoms with Gasteiger partial charge in [0.05, 0.1) is 0 Å². The van der Waals surface area contributed by atoms with Crippen LogP contribution in [0.3, 0.4) is 0 Å². The van der Waals surface area contributed by atoms with E-state index in [0.717, 1.165) is 31.9 Å². The number of hydrogen-bond donors (Lipinski definition) is 2. The monoisotopic (exact) mass is 311 g/mol. The molecule has 3 heterocycles. The van der Waals surface area contributed by atoms with Crippen LogP contribution in [0.25, 0.3) is 0 Å². The van der Waals surface area contributed by atoms with Crippen molar-refractivity contribution in [3.63, 3.8) is 0 Å². The highest BCUT2D eigenvalue weighted by atomic mass is 35.5. The smallest absolute Gasteiger partial charge is 0.180 e. The third-order valence-corrected chi connectivity index (χ3v) is 4.12. The Morgan fingerprint density at radius 1 is 1.40 bits per heavy atom. The van der Waals surface area contributed by atoms with Crippen molar-refractivity contribution in [1.29, 1.82) is 0 Å². The van der Waals surface area contributed by atoms with Crippen molar-refractivity contribution in [3.05, 3.63) is 35.5 Å². The first-order valence-corrected chi connectivity index (χ1v) is 7.22. The Morgan fingerprint density at radius 3 is 3.00 bits per heavy atom. The van der Waals surface area contributed by atoms with Gasteiger partial charge in [-0.2, -0.15) is 0 Å². The van der Waals surface area contributed by atoms with E-state index in [2.05, 4.69) is 26.3 Å². The van der Waals surface area contributed by atoms with Crippen LogP contribution < -0.4 is 16.0 Å². The first-order valence-electron chi connectivity index (χ1n) is 6.41. The van der Waals surface area contributed by atoms with Gasteiger partial charge in [-0.1, -0.05) is 6.07 Å². The van der Waals surface area contributed by atoms with Crippen molar-refractivity contribution in [1.82, 2.24) is 15.3 Å². The lowest BCUT2D eigenvalue weighted by molar-refractivity contribution is 0.554. The molecule has 0 aliphatic carbocycles. The maximum atomic E-state index is 5.62. The number of hydrogen-bond acceptors (Lipinski definition) is 6. The van der Waals surface area contributed by atoms with Crippen LogP contribution in [-0.2, 0) is 6.54 Å². The normalized spacial score (nSPS) is 18.0. The standard InChI is InChI=1S/C13H17N5S.ClH/c14-13-17-8-11(19-13)7-16-10-4-6-18(9-10)12-3-1-2-5-15-12;/h1-3,5,8,10,16H,4,6-7,9H2,(H2,14,17);1H. The summed E-state index contributed by atoms with van der Waals surface area (Å²) in [6.07, 6.45) is 4.83. The average Bonchev–Trinajstić information content (AvgIpc) is 3.06. The number of aromatic nitrogens is 2. The van der Waals surface area contributed by atoms with Crippen molar-refractivity contribution < 1.29 is 0 Å². The molecule has 1 unspecified atom stereocenters. The quantitative estimate of drug-likeness (QED) is 0.903. The molecule has 1 atom stereocenters. The van der Waals surface area contributed by atoms with E-state index in [0.29, 0.717) is 11.2 Å². The van der Waals surface area contributed by atoms with Gasteiger partial charge in [0, 0.05) is 42.9 Å². The summed E-state index contributed by atoms with van der Waals surface area (Å²) < 4.78 is 0. The minimum absolute atomic E-state index is 0. The molecule has 3 N–H and O–H groups in total. The molecule has 5 nitrogen and oxygen atoms in total. The Labute approximate surface area is 128 Å². The van der Waals surface area contributed by atoms with Crippen molar-refractivity contribution in [3.8, 4) is 0 Å². The van der Waals surface area contributed by atoms with Crippen LogP contribution in [0.4, 0.5) is 10.9 Å². The molecule has 0 saturated carbocycles. The summed E-state index contributed by atoms with van der Waals surface area (Å²) in [4.78, 5) is 12.0. The number of thiazole rings is 1. The molecule has 2 aromatic rings. The Bertz CT molecular complexity index is 533. The molecule has 1 fully saturated rings. The Morgan fingerprint density at radius 2 is 2.30 bits per heavy atom. The minimum atomic E-state index is 0. The number of pyridine rings is 1. The minimum Gasteiger partial charge on any atom is -0.375 e. The lowest BCUT2D eigenvalue weighted by Gasteiger charge is -2.17. The number of nitrogens with two attached hydrogens (primary N) is 1. The predicted molar refractivity (Wildman–Crippen MR) is 85.5 cm³/mol. The zero-order chi connectivity index (χ0) is 13.1. The van der Waals surface area contributed by atoms with Gasteiger partial charge in [0.2, 0.25) is 0 Å². The largest absolute Gasteiger partial charge is 0.375 e. The van der Waals surface area contributed by atoms with Gasteiger partial charge in [0.25, 0.3) is 0 Å². The summed E-state index contributed by atoms with van der Waals surface area (Å²) in [5, 5.41) is 4.19. The Kier molecular flexibility index (Phi) is 5.17. The fourth-order valence-electron chi connectivity index (χ4n) is 2.33. The van der Waals surface area contributed by atoms with E-state index in [9.17, 15) is 0 Å². The zero-order valence-corrected chi connectivity index (χ0v) is 12.7. The maximum absolute atomic E-state index is 5.62. The predicted octanol–water partition coefficient (Wildman–Crippen LogP) is 1.91. The van der Waals surface area contributed by atoms with Gasteiger partial charge in [-0.05, 0) is 18.6 Å². The second-order valence-electron chi connectivity index (χ2n) is 4.67. The lowest BCUT2D eigenvalue weighted by atomic mass is 10.2. The van der Waals surface area contributed by atoms with Crippen LogP contribution in [0.1, 0.15) is 11.3 Å². The molecular formula is C13H18ClN5S. The van der Waals surface area contributed by atoms with Gasteiger partial charge in [-0.25, -0.2) is 9.97 Å². The fraction of sp³-hybridized carbons (Fsp3) is 0.385. The van der Waals surface area contributed by atoms with Crippen LogP contribution >= 0.6 is 23.7 Å². The maximum Gasteiger partial charge on any atom is 0.180 e. The van der Waals surface area contributed by atoms with Gasteiger partial charge < -0.3 is 16.0 Å². The van der Waals surface area contributed by atoms with E-state index in [-0.39, 0.29) is 12.4 Å². The Balaban J connectivity index is 0.00000147. The summed E-state index contributed by atoms with van der Waals surface area (Å²) in [6, 6.07) is 6.55. The van der Waals surface area contributed by atoms with Crippen molar-refractivity contribution in [2.75, 3.05) is 23.7 Å². The summed E-state index contributed by atoms with van der Waals surface area (Å²) in [7, 11) is 0. The first kappa shape index (κ1) is 15.0. The van der Waals surface area contributed by atoms with Crippen molar-refractivity contribution in [2.24, 2.45) is 0 Å². The molecule has 0 radical (unpaired) electrons. The number of nitrogen functional groups attached to an aromatic ring is 1. The number of nitrogens with one attached hydrogen (secondary N) is 1. The number of anilines is 2. The molecule has 0 spiro atoms. The number of nitrogens with zero attached hydrogens (tertiary/aromatic N) is 3. The van der Waals surface area contributed by atoms with Crippen molar-refractivity contribution >= 4 is 34.7 Å².